The van der Waals surface area contributed by atoms with Crippen LogP contribution in [0.1, 0.15) is 31.0 Å². The van der Waals surface area contributed by atoms with Crippen LogP contribution in [0.5, 0.6) is 0 Å². The van der Waals surface area contributed by atoms with E-state index in [1.165, 1.54) is 12.1 Å². The molecule has 0 fully saturated rings. The first-order chi connectivity index (χ1) is 18.7. The largest absolute Gasteiger partial charge is 0.443 e. The van der Waals surface area contributed by atoms with Crippen LogP contribution in [0, 0.1) is 17.0 Å². The Balaban J connectivity index is 1.84. The van der Waals surface area contributed by atoms with Gasteiger partial charge in [0.25, 0.3) is 15.1 Å². The fourth-order valence-electron chi connectivity index (χ4n) is 3.42. The second kappa shape index (κ2) is 12.1. The number of ether oxygens (including phenoxy) is 1. The van der Waals surface area contributed by atoms with Gasteiger partial charge in [0.05, 0.1) is 22.9 Å². The van der Waals surface area contributed by atoms with Crippen LogP contribution in [-0.4, -0.2) is 52.8 Å². The second-order valence-electron chi connectivity index (χ2n) is 8.36. The number of benzene rings is 2. The predicted octanol–water partition coefficient (Wildman–Crippen LogP) is 3.89. The van der Waals surface area contributed by atoms with Crippen LogP contribution in [0.15, 0.2) is 59.5 Å². The Morgan fingerprint density at radius 3 is 2.27 bits per heavy atom. The smallest absolute Gasteiger partial charge is 0.435 e. The minimum Gasteiger partial charge on any atom is -0.443 e. The molecule has 0 N–H and O–H groups in total. The molecule has 0 aliphatic heterocycles. The molecule has 0 saturated carbocycles. The van der Waals surface area contributed by atoms with Crippen LogP contribution in [0.2, 0.25) is 0 Å². The topological polar surface area (TPSA) is 151 Å². The number of alkyl halides is 3. The van der Waals surface area contributed by atoms with Crippen molar-refractivity contribution >= 4 is 21.9 Å². The summed E-state index contributed by atoms with van der Waals surface area (Å²) < 4.78 is 72.6. The molecule has 0 radical (unpaired) electrons. The molecular weight excluding hydrogens is 561 g/mol. The van der Waals surface area contributed by atoms with Gasteiger partial charge in [0.2, 0.25) is 5.91 Å². The van der Waals surface area contributed by atoms with E-state index in [4.69, 9.17) is 4.74 Å². The van der Waals surface area contributed by atoms with E-state index < -0.39 is 50.5 Å². The highest BCUT2D eigenvalue weighted by Gasteiger charge is 2.35. The Bertz CT molecular complexity index is 1490. The molecule has 1 amide bonds. The molecule has 0 unspecified atom stereocenters. The Labute approximate surface area is 226 Å². The maximum Gasteiger partial charge on any atom is 0.435 e. The molecule has 3 aromatic rings. The number of amides is 1. The van der Waals surface area contributed by atoms with Crippen LogP contribution in [0.25, 0.3) is 16.9 Å². The zero-order valence-corrected chi connectivity index (χ0v) is 21.9. The molecule has 0 bridgehead atoms. The van der Waals surface area contributed by atoms with Gasteiger partial charge in [-0.2, -0.15) is 22.6 Å². The molecule has 214 valence electrons. The van der Waals surface area contributed by atoms with E-state index in [1.807, 2.05) is 6.92 Å². The number of nitrogens with zero attached hydrogens (tertiary/aromatic N) is 4. The summed E-state index contributed by atoms with van der Waals surface area (Å²) in [7, 11) is -4.53. The molecule has 1 aromatic heterocycles. The number of sulfonamides is 1. The number of hydrogen-bond acceptors (Lipinski definition) is 9. The first kappa shape index (κ1) is 30.1. The highest BCUT2D eigenvalue weighted by Crippen LogP contribution is 2.33. The highest BCUT2D eigenvalue weighted by atomic mass is 32.2. The molecular formula is C24H23F3N4O8S. The molecule has 0 atom stereocenters. The minimum atomic E-state index is -4.73. The molecule has 0 spiro atoms. The van der Waals surface area contributed by atoms with Crippen LogP contribution >= 0.6 is 0 Å². The number of esters is 1. The van der Waals surface area contributed by atoms with Crippen molar-refractivity contribution in [1.82, 2.24) is 14.1 Å². The van der Waals surface area contributed by atoms with Crippen molar-refractivity contribution < 1.29 is 45.8 Å². The summed E-state index contributed by atoms with van der Waals surface area (Å²) in [5, 5.41) is 12.8. The van der Waals surface area contributed by atoms with Crippen molar-refractivity contribution in [1.29, 1.82) is 0 Å². The quantitative estimate of drug-likeness (QED) is 0.107. The minimum absolute atomic E-state index is 0.0812. The van der Waals surface area contributed by atoms with Crippen molar-refractivity contribution in [2.45, 2.75) is 37.8 Å². The molecule has 3 rings (SSSR count). The van der Waals surface area contributed by atoms with Crippen molar-refractivity contribution in [3.63, 3.8) is 0 Å². The van der Waals surface area contributed by atoms with E-state index in [0.29, 0.717) is 9.87 Å². The fraction of sp³-hybridized carbons (Fsp3) is 0.292. The predicted molar refractivity (Wildman–Crippen MR) is 132 cm³/mol. The molecule has 0 aliphatic rings. The number of carbonyl (C=O) groups excluding carboxylic acids is 2. The van der Waals surface area contributed by atoms with Crippen molar-refractivity contribution in [2.24, 2.45) is 0 Å². The number of halogens is 3. The molecule has 1 heterocycles. The SMILES string of the molecule is CC(=O)N(COC(=O)CCCO[N+](=O)[O-])S(=O)(=O)c1ccc(-n2nc(C(F)(F)F)cc2-c2ccc(C)cc2)cc1. The maximum atomic E-state index is 13.4. The van der Waals surface area contributed by atoms with Gasteiger partial charge in [-0.15, -0.1) is 10.1 Å². The Hall–Kier alpha value is -4.47. The molecule has 0 aliphatic carbocycles. The van der Waals surface area contributed by atoms with Crippen LogP contribution < -0.4 is 0 Å². The summed E-state index contributed by atoms with van der Waals surface area (Å²) in [4.78, 5) is 37.7. The van der Waals surface area contributed by atoms with Gasteiger partial charge in [-0.1, -0.05) is 29.8 Å². The number of aryl methyl sites for hydroxylation is 1. The first-order valence-corrected chi connectivity index (χ1v) is 12.9. The van der Waals surface area contributed by atoms with Gasteiger partial charge in [0, 0.05) is 18.9 Å². The van der Waals surface area contributed by atoms with Gasteiger partial charge in [-0.25, -0.2) is 13.1 Å². The second-order valence-corrected chi connectivity index (χ2v) is 10.2. The lowest BCUT2D eigenvalue weighted by Crippen LogP contribution is -2.37. The third-order valence-corrected chi connectivity index (χ3v) is 7.24. The third-order valence-electron chi connectivity index (χ3n) is 5.43. The van der Waals surface area contributed by atoms with Gasteiger partial charge in [-0.3, -0.25) is 9.59 Å². The molecule has 2 aromatic carbocycles. The van der Waals surface area contributed by atoms with E-state index in [-0.39, 0.29) is 30.8 Å². The van der Waals surface area contributed by atoms with Gasteiger partial charge in [-0.05, 0) is 43.7 Å². The van der Waals surface area contributed by atoms with Gasteiger partial charge in [0.1, 0.15) is 0 Å². The Morgan fingerprint density at radius 2 is 1.73 bits per heavy atom. The lowest BCUT2D eigenvalue weighted by molar-refractivity contribution is -0.757. The number of carbonyl (C=O) groups is 2. The maximum absolute atomic E-state index is 13.4. The summed E-state index contributed by atoms with van der Waals surface area (Å²) in [6, 6.07) is 12.2. The van der Waals surface area contributed by atoms with E-state index >= 15 is 0 Å². The summed E-state index contributed by atoms with van der Waals surface area (Å²) >= 11 is 0. The lowest BCUT2D eigenvalue weighted by atomic mass is 10.1. The average Bonchev–Trinajstić information content (AvgIpc) is 3.33. The monoisotopic (exact) mass is 584 g/mol. The lowest BCUT2D eigenvalue weighted by Gasteiger charge is -2.21. The van der Waals surface area contributed by atoms with E-state index in [1.54, 1.807) is 24.3 Å². The van der Waals surface area contributed by atoms with E-state index in [0.717, 1.165) is 35.4 Å². The van der Waals surface area contributed by atoms with Crippen LogP contribution in [0.4, 0.5) is 13.2 Å². The molecule has 0 saturated heterocycles. The Morgan fingerprint density at radius 1 is 1.10 bits per heavy atom. The summed E-state index contributed by atoms with van der Waals surface area (Å²) in [5.41, 5.74) is 0.422. The zero-order valence-electron chi connectivity index (χ0n) is 21.1. The van der Waals surface area contributed by atoms with Crippen LogP contribution in [-0.2, 0) is 35.4 Å². The molecule has 16 heteroatoms. The first-order valence-electron chi connectivity index (χ1n) is 11.5. The summed E-state index contributed by atoms with van der Waals surface area (Å²) in [6.45, 7) is 1.41. The van der Waals surface area contributed by atoms with Crippen molar-refractivity contribution in [3.05, 3.63) is 76.0 Å². The van der Waals surface area contributed by atoms with Gasteiger partial charge >= 0.3 is 12.1 Å². The third kappa shape index (κ3) is 7.34. The van der Waals surface area contributed by atoms with Gasteiger partial charge in [0.15, 0.2) is 12.4 Å². The molecule has 12 nitrogen and oxygen atoms in total. The standard InChI is InChI=1S/C24H23F3N4O8S/c1-16-5-7-18(8-6-16)21-14-22(24(25,26)27)28-30(21)19-9-11-20(12-10-19)40(36,37)29(17(2)32)15-38-23(33)4-3-13-39-31(34)35/h5-12,14H,3-4,13,15H2,1-2H3. The van der Waals surface area contributed by atoms with E-state index in [2.05, 4.69) is 9.94 Å². The van der Waals surface area contributed by atoms with Gasteiger partial charge < -0.3 is 9.57 Å². The number of hydrogen-bond donors (Lipinski definition) is 0. The normalized spacial score (nSPS) is 11.6. The number of aromatic nitrogens is 2. The Kier molecular flexibility index (Phi) is 9.13. The highest BCUT2D eigenvalue weighted by molar-refractivity contribution is 7.89. The molecule has 40 heavy (non-hydrogen) atoms. The van der Waals surface area contributed by atoms with Crippen molar-refractivity contribution in [2.75, 3.05) is 13.3 Å². The van der Waals surface area contributed by atoms with Crippen LogP contribution in [0.3, 0.4) is 0 Å². The average molecular weight is 585 g/mol. The number of rotatable bonds is 11. The fourth-order valence-corrected chi connectivity index (χ4v) is 4.69. The van der Waals surface area contributed by atoms with E-state index in [9.17, 15) is 41.3 Å². The zero-order chi connectivity index (χ0) is 29.7. The summed E-state index contributed by atoms with van der Waals surface area (Å²) in [5.74, 6) is -1.90. The summed E-state index contributed by atoms with van der Waals surface area (Å²) in [6.07, 6.45) is -5.14. The van der Waals surface area contributed by atoms with Crippen molar-refractivity contribution in [3.8, 4) is 16.9 Å².